The third-order valence-electron chi connectivity index (χ3n) is 8.09. The highest BCUT2D eigenvalue weighted by molar-refractivity contribution is 5.76. The second-order valence-electron chi connectivity index (χ2n) is 10.4. The van der Waals surface area contributed by atoms with Crippen LogP contribution in [-0.4, -0.2) is 78.3 Å². The van der Waals surface area contributed by atoms with Gasteiger partial charge in [-0.2, -0.15) is 0 Å². The first-order valence-electron chi connectivity index (χ1n) is 11.7. The van der Waals surface area contributed by atoms with Gasteiger partial charge < -0.3 is 29.9 Å². The number of aliphatic hydroxyl groups is 2. The Morgan fingerprint density at radius 2 is 1.87 bits per heavy atom. The number of alkyl carbamates (subject to hydrolysis) is 1. The van der Waals surface area contributed by atoms with Gasteiger partial charge in [-0.3, -0.25) is 4.79 Å². The maximum absolute atomic E-state index is 13.0. The molecule has 0 aromatic carbocycles. The lowest BCUT2D eigenvalue weighted by Crippen LogP contribution is -2.61. The minimum atomic E-state index is -0.623. The van der Waals surface area contributed by atoms with Crippen molar-refractivity contribution in [2.75, 3.05) is 32.9 Å². The van der Waals surface area contributed by atoms with Gasteiger partial charge in [0.1, 0.15) is 6.10 Å². The molecular weight excluding hydrogens is 400 g/mol. The summed E-state index contributed by atoms with van der Waals surface area (Å²) in [6.45, 7) is 10.1. The number of carbonyl (C=O) groups is 2. The zero-order chi connectivity index (χ0) is 22.8. The summed E-state index contributed by atoms with van der Waals surface area (Å²) in [5.74, 6) is -0.0750. The Balaban J connectivity index is 1.79. The van der Waals surface area contributed by atoms with E-state index in [0.29, 0.717) is 45.6 Å². The third kappa shape index (κ3) is 4.86. The smallest absolute Gasteiger partial charge is 0.407 e. The number of rotatable bonds is 5. The summed E-state index contributed by atoms with van der Waals surface area (Å²) in [6.07, 6.45) is 1.56. The molecule has 6 unspecified atom stereocenters. The molecule has 3 fully saturated rings. The molecule has 0 aromatic heterocycles. The molecule has 0 spiro atoms. The van der Waals surface area contributed by atoms with Crippen LogP contribution in [0.5, 0.6) is 0 Å². The van der Waals surface area contributed by atoms with E-state index in [0.717, 1.165) is 12.8 Å². The first kappa shape index (κ1) is 24.3. The molecule has 3 aliphatic rings. The Hall–Kier alpha value is -1.38. The Kier molecular flexibility index (Phi) is 7.54. The molecule has 3 N–H and O–H groups in total. The minimum absolute atomic E-state index is 0.0258. The second-order valence-corrected chi connectivity index (χ2v) is 10.4. The van der Waals surface area contributed by atoms with Crippen molar-refractivity contribution >= 4 is 12.0 Å². The molecule has 1 aliphatic heterocycles. The number of amides is 2. The summed E-state index contributed by atoms with van der Waals surface area (Å²) >= 11 is 0. The number of hydrogen-bond donors (Lipinski definition) is 3. The topological polar surface area (TPSA) is 108 Å². The van der Waals surface area contributed by atoms with Gasteiger partial charge in [0.15, 0.2) is 0 Å². The molecule has 8 heteroatoms. The number of morpholine rings is 1. The SMILES string of the molecule is CC(C)NC(=O)OC1CCC2(C)C(CC(=O)N3CCOCC3)C(O)CCC2C1(C)CO. The van der Waals surface area contributed by atoms with Crippen LogP contribution < -0.4 is 5.32 Å². The number of carbonyl (C=O) groups excluding carboxylic acids is 2. The van der Waals surface area contributed by atoms with Crippen LogP contribution in [0.2, 0.25) is 0 Å². The largest absolute Gasteiger partial charge is 0.446 e. The molecule has 2 aliphatic carbocycles. The molecule has 6 atom stereocenters. The van der Waals surface area contributed by atoms with Crippen molar-refractivity contribution in [1.82, 2.24) is 10.2 Å². The van der Waals surface area contributed by atoms with Gasteiger partial charge in [-0.15, -0.1) is 0 Å². The van der Waals surface area contributed by atoms with Crippen LogP contribution in [0.1, 0.15) is 59.8 Å². The van der Waals surface area contributed by atoms with Crippen LogP contribution in [0, 0.1) is 22.7 Å². The number of aliphatic hydroxyl groups excluding tert-OH is 2. The van der Waals surface area contributed by atoms with Crippen molar-refractivity contribution in [1.29, 1.82) is 0 Å². The molecule has 3 rings (SSSR count). The van der Waals surface area contributed by atoms with Crippen molar-refractivity contribution in [3.8, 4) is 0 Å². The van der Waals surface area contributed by atoms with E-state index in [9.17, 15) is 19.8 Å². The molecule has 2 amide bonds. The minimum Gasteiger partial charge on any atom is -0.446 e. The highest BCUT2D eigenvalue weighted by atomic mass is 16.6. The standard InChI is InChI=1S/C23H40N2O6/c1-15(2)24-21(29)31-19-7-8-22(3)16(13-20(28)25-9-11-30-12-10-25)17(27)5-6-18(22)23(19,4)14-26/h15-19,26-27H,5-14H2,1-4H3,(H,24,29). The Labute approximate surface area is 185 Å². The van der Waals surface area contributed by atoms with Gasteiger partial charge in [0, 0.05) is 31.0 Å². The normalized spacial score (nSPS) is 38.5. The van der Waals surface area contributed by atoms with E-state index >= 15 is 0 Å². The summed E-state index contributed by atoms with van der Waals surface area (Å²) < 4.78 is 11.1. The number of nitrogens with one attached hydrogen (secondary N) is 1. The first-order chi connectivity index (χ1) is 14.6. The summed E-state index contributed by atoms with van der Waals surface area (Å²) in [7, 11) is 0. The maximum Gasteiger partial charge on any atom is 0.407 e. The van der Waals surface area contributed by atoms with Gasteiger partial charge in [-0.1, -0.05) is 13.8 Å². The zero-order valence-corrected chi connectivity index (χ0v) is 19.4. The van der Waals surface area contributed by atoms with E-state index in [1.807, 2.05) is 25.7 Å². The van der Waals surface area contributed by atoms with Crippen LogP contribution in [0.4, 0.5) is 4.79 Å². The first-order valence-corrected chi connectivity index (χ1v) is 11.7. The van der Waals surface area contributed by atoms with Crippen molar-refractivity contribution in [2.24, 2.45) is 22.7 Å². The van der Waals surface area contributed by atoms with Gasteiger partial charge in [-0.05, 0) is 56.8 Å². The molecule has 0 radical (unpaired) electrons. The third-order valence-corrected chi connectivity index (χ3v) is 8.09. The zero-order valence-electron chi connectivity index (χ0n) is 19.4. The lowest BCUT2D eigenvalue weighted by atomic mass is 9.46. The summed E-state index contributed by atoms with van der Waals surface area (Å²) in [6, 6.07) is -0.0258. The second kappa shape index (κ2) is 9.63. The van der Waals surface area contributed by atoms with Gasteiger partial charge in [-0.25, -0.2) is 4.79 Å². The molecule has 1 saturated heterocycles. The van der Waals surface area contributed by atoms with E-state index in [-0.39, 0.29) is 35.8 Å². The molecular formula is C23H40N2O6. The van der Waals surface area contributed by atoms with Crippen LogP contribution in [0.15, 0.2) is 0 Å². The van der Waals surface area contributed by atoms with Crippen LogP contribution >= 0.6 is 0 Å². The predicted octanol–water partition coefficient (Wildman–Crippen LogP) is 1.92. The summed E-state index contributed by atoms with van der Waals surface area (Å²) in [5.41, 5.74) is -0.937. The molecule has 8 nitrogen and oxygen atoms in total. The maximum atomic E-state index is 13.0. The number of nitrogens with zero attached hydrogens (tertiary/aromatic N) is 1. The lowest BCUT2D eigenvalue weighted by Gasteiger charge is -2.60. The Morgan fingerprint density at radius 3 is 2.48 bits per heavy atom. The molecule has 31 heavy (non-hydrogen) atoms. The quantitative estimate of drug-likeness (QED) is 0.603. The fourth-order valence-electron chi connectivity index (χ4n) is 6.31. The Bertz CT molecular complexity index is 652. The predicted molar refractivity (Wildman–Crippen MR) is 115 cm³/mol. The molecule has 1 heterocycles. The van der Waals surface area contributed by atoms with Gasteiger partial charge >= 0.3 is 6.09 Å². The van der Waals surface area contributed by atoms with E-state index < -0.39 is 23.7 Å². The van der Waals surface area contributed by atoms with Crippen LogP contribution in [0.25, 0.3) is 0 Å². The number of hydrogen-bond acceptors (Lipinski definition) is 6. The van der Waals surface area contributed by atoms with Gasteiger partial charge in [0.25, 0.3) is 0 Å². The monoisotopic (exact) mass is 440 g/mol. The van der Waals surface area contributed by atoms with Crippen molar-refractivity contribution in [2.45, 2.75) is 78.0 Å². The molecule has 0 bridgehead atoms. The van der Waals surface area contributed by atoms with Gasteiger partial charge in [0.2, 0.25) is 5.91 Å². The lowest BCUT2D eigenvalue weighted by molar-refractivity contribution is -0.187. The van der Waals surface area contributed by atoms with Crippen molar-refractivity contribution in [3.63, 3.8) is 0 Å². The van der Waals surface area contributed by atoms with E-state index in [1.54, 1.807) is 0 Å². The van der Waals surface area contributed by atoms with Crippen molar-refractivity contribution in [3.05, 3.63) is 0 Å². The van der Waals surface area contributed by atoms with E-state index in [4.69, 9.17) is 9.47 Å². The number of ether oxygens (including phenoxy) is 2. The highest BCUT2D eigenvalue weighted by Crippen LogP contribution is 2.61. The average molecular weight is 441 g/mol. The van der Waals surface area contributed by atoms with E-state index in [1.165, 1.54) is 0 Å². The fraction of sp³-hybridized carbons (Fsp3) is 0.913. The molecule has 2 saturated carbocycles. The molecule has 0 aromatic rings. The summed E-state index contributed by atoms with van der Waals surface area (Å²) in [5, 5.41) is 24.1. The van der Waals surface area contributed by atoms with Crippen LogP contribution in [0.3, 0.4) is 0 Å². The number of fused-ring (bicyclic) bond motifs is 1. The van der Waals surface area contributed by atoms with Crippen LogP contribution in [-0.2, 0) is 14.3 Å². The average Bonchev–Trinajstić information content (AvgIpc) is 2.73. The van der Waals surface area contributed by atoms with Crippen molar-refractivity contribution < 1.29 is 29.3 Å². The fourth-order valence-corrected chi connectivity index (χ4v) is 6.31. The van der Waals surface area contributed by atoms with E-state index in [2.05, 4.69) is 12.2 Å². The highest BCUT2D eigenvalue weighted by Gasteiger charge is 2.60. The molecule has 178 valence electrons. The summed E-state index contributed by atoms with van der Waals surface area (Å²) in [4.78, 5) is 27.1. The van der Waals surface area contributed by atoms with Gasteiger partial charge in [0.05, 0.1) is 25.9 Å². The Morgan fingerprint density at radius 1 is 1.19 bits per heavy atom.